The molecule has 0 saturated heterocycles. The van der Waals surface area contributed by atoms with Gasteiger partial charge in [0.25, 0.3) is 0 Å². The van der Waals surface area contributed by atoms with Crippen molar-refractivity contribution in [1.29, 1.82) is 0 Å². The molecule has 0 radical (unpaired) electrons. The minimum Gasteiger partial charge on any atom is -0.466 e. The summed E-state index contributed by atoms with van der Waals surface area (Å²) in [6, 6.07) is -0.559. The highest BCUT2D eigenvalue weighted by Crippen LogP contribution is 2.16. The summed E-state index contributed by atoms with van der Waals surface area (Å²) < 4.78 is 5.45. The van der Waals surface area contributed by atoms with Crippen LogP contribution in [0.25, 0.3) is 0 Å². The summed E-state index contributed by atoms with van der Waals surface area (Å²) in [5.41, 5.74) is 0. The van der Waals surface area contributed by atoms with Crippen LogP contribution in [0.5, 0.6) is 0 Å². The maximum Gasteiger partial charge on any atom is 0.305 e. The van der Waals surface area contributed by atoms with Crippen LogP contribution in [0.3, 0.4) is 0 Å². The van der Waals surface area contributed by atoms with Gasteiger partial charge in [0.05, 0.1) is 25.4 Å². The number of rotatable bonds is 47. The highest BCUT2D eigenvalue weighted by Gasteiger charge is 2.20. The van der Waals surface area contributed by atoms with Gasteiger partial charge in [0.1, 0.15) is 0 Å². The van der Waals surface area contributed by atoms with Crippen LogP contribution in [0, 0.1) is 0 Å². The van der Waals surface area contributed by atoms with Crippen LogP contribution < -0.4 is 5.32 Å². The van der Waals surface area contributed by atoms with Gasteiger partial charge >= 0.3 is 5.97 Å². The monoisotopic (exact) mass is 818 g/mol. The molecule has 0 aliphatic rings. The minimum atomic E-state index is -0.679. The molecule has 0 saturated carbocycles. The number of hydrogen-bond acceptors (Lipinski definition) is 5. The Balaban J connectivity index is 3.49. The van der Waals surface area contributed by atoms with Crippen molar-refractivity contribution in [2.75, 3.05) is 13.2 Å². The fourth-order valence-electron chi connectivity index (χ4n) is 7.74. The SMILES string of the molecule is CCCCCCCC/C=C\CCCCCCCCCC(=O)OCCCCC/C=C\CCCCCCCC(=O)NC(CO)C(O)CCCCCCCCCCCCCC. The molecule has 0 spiro atoms. The van der Waals surface area contributed by atoms with Crippen LogP contribution in [0.2, 0.25) is 0 Å². The Kier molecular flexibility index (Phi) is 46.6. The Labute approximate surface area is 361 Å². The third kappa shape index (κ3) is 43.9. The van der Waals surface area contributed by atoms with E-state index in [4.69, 9.17) is 4.74 Å². The molecule has 0 aromatic carbocycles. The van der Waals surface area contributed by atoms with Gasteiger partial charge in [-0.3, -0.25) is 9.59 Å². The standard InChI is InChI=1S/C52H99NO5/c1-3-5-7-9-11-13-15-17-18-19-20-21-26-30-34-38-42-46-52(57)58-47-43-39-35-31-27-23-22-25-29-33-37-41-45-51(56)53-49(48-54)50(55)44-40-36-32-28-24-16-14-12-10-8-6-4-2/h17-18,23,27,49-50,54-55H,3-16,19-22,24-26,28-48H2,1-2H3,(H,53,56)/b18-17-,27-23-. The molecule has 0 aromatic heterocycles. The number of aliphatic hydroxyl groups is 2. The first kappa shape index (κ1) is 56.3. The summed E-state index contributed by atoms with van der Waals surface area (Å²) >= 11 is 0. The molecule has 0 heterocycles. The second kappa shape index (κ2) is 48.0. The molecule has 0 aliphatic heterocycles. The smallest absolute Gasteiger partial charge is 0.305 e. The van der Waals surface area contributed by atoms with E-state index in [1.54, 1.807) is 0 Å². The van der Waals surface area contributed by atoms with Crippen LogP contribution in [0.4, 0.5) is 0 Å². The average Bonchev–Trinajstić information content (AvgIpc) is 3.22. The molecule has 0 fully saturated rings. The highest BCUT2D eigenvalue weighted by atomic mass is 16.5. The van der Waals surface area contributed by atoms with Crippen molar-refractivity contribution in [3.63, 3.8) is 0 Å². The van der Waals surface area contributed by atoms with Gasteiger partial charge in [-0.1, -0.05) is 199 Å². The summed E-state index contributed by atoms with van der Waals surface area (Å²) in [6.07, 6.45) is 55.7. The van der Waals surface area contributed by atoms with Gasteiger partial charge in [0, 0.05) is 12.8 Å². The summed E-state index contributed by atoms with van der Waals surface area (Å²) in [6.45, 7) is 4.88. The quantitative estimate of drug-likeness (QED) is 0.0323. The third-order valence-corrected chi connectivity index (χ3v) is 11.7. The number of esters is 1. The first-order chi connectivity index (χ1) is 28.5. The average molecular weight is 818 g/mol. The molecular weight excluding hydrogens is 719 g/mol. The van der Waals surface area contributed by atoms with E-state index in [-0.39, 0.29) is 18.5 Å². The fourth-order valence-corrected chi connectivity index (χ4v) is 7.74. The van der Waals surface area contributed by atoms with E-state index < -0.39 is 12.1 Å². The first-order valence-corrected chi connectivity index (χ1v) is 25.6. The molecule has 3 N–H and O–H groups in total. The number of amides is 1. The molecule has 2 unspecified atom stereocenters. The highest BCUT2D eigenvalue weighted by molar-refractivity contribution is 5.76. The van der Waals surface area contributed by atoms with Crippen molar-refractivity contribution in [2.24, 2.45) is 0 Å². The second-order valence-corrected chi connectivity index (χ2v) is 17.5. The van der Waals surface area contributed by atoms with Gasteiger partial charge in [-0.25, -0.2) is 0 Å². The predicted molar refractivity (Wildman–Crippen MR) is 250 cm³/mol. The van der Waals surface area contributed by atoms with Crippen molar-refractivity contribution in [2.45, 2.75) is 283 Å². The Morgan fingerprint density at radius 1 is 0.466 bits per heavy atom. The summed E-state index contributed by atoms with van der Waals surface area (Å²) in [5.74, 6) is -0.0883. The van der Waals surface area contributed by atoms with Crippen LogP contribution in [0.15, 0.2) is 24.3 Å². The van der Waals surface area contributed by atoms with Crippen molar-refractivity contribution in [1.82, 2.24) is 5.32 Å². The molecular formula is C52H99NO5. The number of allylic oxidation sites excluding steroid dienone is 4. The van der Waals surface area contributed by atoms with Gasteiger partial charge < -0.3 is 20.3 Å². The maximum absolute atomic E-state index is 12.4. The fraction of sp³-hybridized carbons (Fsp3) is 0.885. The molecule has 0 rings (SSSR count). The van der Waals surface area contributed by atoms with E-state index in [1.165, 1.54) is 161 Å². The first-order valence-electron chi connectivity index (χ1n) is 25.6. The number of carbonyl (C=O) groups excluding carboxylic acids is 2. The Bertz CT molecular complexity index is 904. The summed E-state index contributed by atoms with van der Waals surface area (Å²) in [5, 5.41) is 23.1. The van der Waals surface area contributed by atoms with E-state index in [0.29, 0.717) is 25.9 Å². The molecule has 1 amide bonds. The largest absolute Gasteiger partial charge is 0.466 e. The van der Waals surface area contributed by atoms with Crippen LogP contribution in [0.1, 0.15) is 271 Å². The number of carbonyl (C=O) groups is 2. The lowest BCUT2D eigenvalue weighted by molar-refractivity contribution is -0.143. The molecule has 58 heavy (non-hydrogen) atoms. The second-order valence-electron chi connectivity index (χ2n) is 17.5. The van der Waals surface area contributed by atoms with Gasteiger partial charge in [-0.15, -0.1) is 0 Å². The van der Waals surface area contributed by atoms with Gasteiger partial charge in [-0.2, -0.15) is 0 Å². The summed E-state index contributed by atoms with van der Waals surface area (Å²) in [4.78, 5) is 24.5. The summed E-state index contributed by atoms with van der Waals surface area (Å²) in [7, 11) is 0. The van der Waals surface area contributed by atoms with Crippen molar-refractivity contribution in [3.05, 3.63) is 24.3 Å². The molecule has 6 heteroatoms. The Morgan fingerprint density at radius 3 is 1.22 bits per heavy atom. The lowest BCUT2D eigenvalue weighted by Gasteiger charge is -2.22. The van der Waals surface area contributed by atoms with Crippen LogP contribution >= 0.6 is 0 Å². The van der Waals surface area contributed by atoms with E-state index in [0.717, 1.165) is 77.0 Å². The number of hydrogen-bond donors (Lipinski definition) is 3. The number of nitrogens with one attached hydrogen (secondary N) is 1. The number of unbranched alkanes of at least 4 members (excludes halogenated alkanes) is 32. The van der Waals surface area contributed by atoms with Crippen molar-refractivity contribution >= 4 is 11.9 Å². The molecule has 0 aromatic rings. The molecule has 0 bridgehead atoms. The van der Waals surface area contributed by atoms with Crippen LogP contribution in [-0.2, 0) is 14.3 Å². The minimum absolute atomic E-state index is 0.0264. The van der Waals surface area contributed by atoms with Gasteiger partial charge in [-0.05, 0) is 83.5 Å². The van der Waals surface area contributed by atoms with Crippen LogP contribution in [-0.4, -0.2) is 47.4 Å². The molecule has 0 aliphatic carbocycles. The zero-order valence-electron chi connectivity index (χ0n) is 38.8. The zero-order valence-corrected chi connectivity index (χ0v) is 38.8. The Morgan fingerprint density at radius 2 is 0.810 bits per heavy atom. The third-order valence-electron chi connectivity index (χ3n) is 11.7. The normalized spacial score (nSPS) is 12.8. The molecule has 342 valence electrons. The number of ether oxygens (including phenoxy) is 1. The van der Waals surface area contributed by atoms with Crippen molar-refractivity contribution in [3.8, 4) is 0 Å². The lowest BCUT2D eigenvalue weighted by atomic mass is 10.0. The predicted octanol–water partition coefficient (Wildman–Crippen LogP) is 15.1. The number of aliphatic hydroxyl groups excluding tert-OH is 2. The van der Waals surface area contributed by atoms with E-state index in [1.807, 2.05) is 0 Å². The molecule has 2 atom stereocenters. The zero-order chi connectivity index (χ0) is 42.3. The topological polar surface area (TPSA) is 95.9 Å². The van der Waals surface area contributed by atoms with E-state index >= 15 is 0 Å². The molecule has 6 nitrogen and oxygen atoms in total. The van der Waals surface area contributed by atoms with Gasteiger partial charge in [0.2, 0.25) is 5.91 Å². The van der Waals surface area contributed by atoms with E-state index in [2.05, 4.69) is 43.5 Å². The Hall–Kier alpha value is -1.66. The van der Waals surface area contributed by atoms with Crippen molar-refractivity contribution < 1.29 is 24.5 Å². The van der Waals surface area contributed by atoms with E-state index in [9.17, 15) is 19.8 Å². The maximum atomic E-state index is 12.4. The van der Waals surface area contributed by atoms with Gasteiger partial charge in [0.15, 0.2) is 0 Å². The lowest BCUT2D eigenvalue weighted by Crippen LogP contribution is -2.45.